The molecule has 258 valence electrons. The second kappa shape index (κ2) is 14.5. The Hall–Kier alpha value is -5.92. The summed E-state index contributed by atoms with van der Waals surface area (Å²) in [5, 5.41) is 32.8. The highest BCUT2D eigenvalue weighted by Crippen LogP contribution is 2.29. The zero-order valence-corrected chi connectivity index (χ0v) is 26.0. The number of aliphatic hydroxyl groups is 2. The summed E-state index contributed by atoms with van der Waals surface area (Å²) in [6, 6.07) is 7.48. The van der Waals surface area contributed by atoms with Gasteiger partial charge in [0.15, 0.2) is 23.2 Å². The summed E-state index contributed by atoms with van der Waals surface area (Å²) in [6.45, 7) is -0.154. The number of hydrogen-bond donors (Lipinski definition) is 7. The lowest BCUT2D eigenvalue weighted by Crippen LogP contribution is -2.41. The molecule has 0 aliphatic carbocycles. The van der Waals surface area contributed by atoms with Crippen LogP contribution in [-0.4, -0.2) is 95.7 Å². The number of nitrogen functional groups attached to an aromatic ring is 3. The Labute approximate surface area is 277 Å². The van der Waals surface area contributed by atoms with Gasteiger partial charge in [-0.1, -0.05) is 0 Å². The topological polar surface area (TPSA) is 297 Å². The number of anilines is 4. The first-order chi connectivity index (χ1) is 23.3. The van der Waals surface area contributed by atoms with Crippen molar-refractivity contribution in [1.29, 1.82) is 0 Å². The number of esters is 1. The molecule has 19 nitrogen and oxygen atoms in total. The summed E-state index contributed by atoms with van der Waals surface area (Å²) in [6.07, 6.45) is -3.25. The van der Waals surface area contributed by atoms with Gasteiger partial charge in [-0.25, -0.2) is 14.8 Å². The zero-order valence-electron chi connectivity index (χ0n) is 26.0. The monoisotopic (exact) mass is 678 g/mol. The van der Waals surface area contributed by atoms with Crippen LogP contribution in [0.3, 0.4) is 0 Å². The van der Waals surface area contributed by atoms with Gasteiger partial charge in [-0.3, -0.25) is 19.0 Å². The molecule has 4 heterocycles. The Bertz CT molecular complexity index is 1920. The van der Waals surface area contributed by atoms with Gasteiger partial charge in [0.2, 0.25) is 5.95 Å². The van der Waals surface area contributed by atoms with Crippen LogP contribution in [0.5, 0.6) is 0 Å². The number of aliphatic hydroxyl groups excluding tert-OH is 2. The number of hydrogen-bond acceptors (Lipinski definition) is 16. The van der Waals surface area contributed by atoms with Gasteiger partial charge in [0.25, 0.3) is 11.5 Å². The molecule has 0 spiro atoms. The van der Waals surface area contributed by atoms with Crippen LogP contribution in [0.1, 0.15) is 35.1 Å². The fourth-order valence-electron chi connectivity index (χ4n) is 5.08. The second-order valence-corrected chi connectivity index (χ2v) is 11.2. The number of carboxylic acids is 1. The molecule has 0 bridgehead atoms. The SMILES string of the molecule is CN(Cc1cnc2nc(N)nc(N)c2n1)c1ccc(C(=O)N[C@@H](CCC(=O)OC[C@H]2O[C@@H](n3ccc(N)cc3=O)[C@@H](O)[C@@H]2O)C(=O)O)cc1. The zero-order chi connectivity index (χ0) is 35.4. The summed E-state index contributed by atoms with van der Waals surface area (Å²) in [4.78, 5) is 67.8. The number of nitrogens with one attached hydrogen (secondary N) is 1. The Morgan fingerprint density at radius 1 is 1.08 bits per heavy atom. The molecule has 1 aromatic carbocycles. The van der Waals surface area contributed by atoms with Crippen LogP contribution in [0.15, 0.2) is 53.6 Å². The number of rotatable bonds is 12. The molecule has 1 aliphatic rings. The molecule has 1 saturated heterocycles. The van der Waals surface area contributed by atoms with Crippen LogP contribution in [0, 0.1) is 0 Å². The van der Waals surface area contributed by atoms with Crippen molar-refractivity contribution in [3.63, 3.8) is 0 Å². The standard InChI is InChI=1S/C30H34N10O9/c1-39(12-16-11-34-26-22(35-16)25(32)37-30(33)38-26)17-4-2-14(3-5-17)27(45)36-18(29(46)47)6-7-21(42)48-13-19-23(43)24(44)28(49-19)40-9-8-15(31)10-20(40)41/h2-5,8-11,18-19,23-24,28,43-44H,6-7,12-13,31H2,1H3,(H,36,45)(H,46,47)(H4,32,33,34,37,38)/t18-,19+,23+,24-,28+/m0/s1. The minimum Gasteiger partial charge on any atom is -0.480 e. The molecule has 5 atom stereocenters. The van der Waals surface area contributed by atoms with E-state index in [0.29, 0.717) is 23.4 Å². The molecule has 5 rings (SSSR count). The predicted octanol–water partition coefficient (Wildman–Crippen LogP) is -1.21. The molecule has 0 saturated carbocycles. The molecule has 49 heavy (non-hydrogen) atoms. The second-order valence-electron chi connectivity index (χ2n) is 11.2. The number of aromatic nitrogens is 5. The van der Waals surface area contributed by atoms with E-state index in [1.807, 2.05) is 4.90 Å². The van der Waals surface area contributed by atoms with Crippen molar-refractivity contribution < 1.29 is 39.2 Å². The van der Waals surface area contributed by atoms with Gasteiger partial charge < -0.3 is 52.2 Å². The van der Waals surface area contributed by atoms with Crippen molar-refractivity contribution in [3.8, 4) is 0 Å². The number of carbonyl (C=O) groups excluding carboxylic acids is 2. The molecule has 1 amide bonds. The van der Waals surface area contributed by atoms with Crippen LogP contribution in [0.2, 0.25) is 0 Å². The summed E-state index contributed by atoms with van der Waals surface area (Å²) in [5.41, 5.74) is 18.8. The molecule has 10 N–H and O–H groups in total. The minimum absolute atomic E-state index is 0.00866. The maximum Gasteiger partial charge on any atom is 0.326 e. The quantitative estimate of drug-likeness (QED) is 0.0865. The maximum atomic E-state index is 12.9. The van der Waals surface area contributed by atoms with Crippen LogP contribution >= 0.6 is 0 Å². The number of fused-ring (bicyclic) bond motifs is 1. The van der Waals surface area contributed by atoms with Crippen molar-refractivity contribution in [1.82, 2.24) is 29.8 Å². The fourth-order valence-corrected chi connectivity index (χ4v) is 5.08. The average molecular weight is 679 g/mol. The number of nitrogens with zero attached hydrogens (tertiary/aromatic N) is 6. The number of pyridine rings is 1. The van der Waals surface area contributed by atoms with Crippen LogP contribution in [-0.2, 0) is 25.6 Å². The van der Waals surface area contributed by atoms with E-state index in [1.165, 1.54) is 30.6 Å². The Morgan fingerprint density at radius 3 is 2.51 bits per heavy atom. The maximum absolute atomic E-state index is 12.9. The first kappa shape index (κ1) is 34.4. The molecular formula is C30H34N10O9. The molecule has 19 heteroatoms. The average Bonchev–Trinajstić information content (AvgIpc) is 3.34. The first-order valence-corrected chi connectivity index (χ1v) is 14.8. The Morgan fingerprint density at radius 2 is 1.82 bits per heavy atom. The van der Waals surface area contributed by atoms with Gasteiger partial charge >= 0.3 is 11.9 Å². The predicted molar refractivity (Wildman–Crippen MR) is 173 cm³/mol. The highest BCUT2D eigenvalue weighted by atomic mass is 16.6. The van der Waals surface area contributed by atoms with E-state index >= 15 is 0 Å². The third-order valence-electron chi connectivity index (χ3n) is 7.70. The molecule has 4 aromatic rings. The third kappa shape index (κ3) is 7.97. The van der Waals surface area contributed by atoms with Gasteiger partial charge in [0.05, 0.1) is 18.4 Å². The summed E-state index contributed by atoms with van der Waals surface area (Å²) < 4.78 is 11.7. The number of carbonyl (C=O) groups is 3. The molecular weight excluding hydrogens is 644 g/mol. The smallest absolute Gasteiger partial charge is 0.326 e. The van der Waals surface area contributed by atoms with E-state index in [9.17, 15) is 34.5 Å². The van der Waals surface area contributed by atoms with E-state index in [2.05, 4.69) is 25.3 Å². The molecule has 1 fully saturated rings. The highest BCUT2D eigenvalue weighted by molar-refractivity contribution is 5.97. The number of benzene rings is 1. The van der Waals surface area contributed by atoms with Gasteiger partial charge in [-0.2, -0.15) is 9.97 Å². The van der Waals surface area contributed by atoms with Crippen LogP contribution < -0.4 is 33.0 Å². The first-order valence-electron chi connectivity index (χ1n) is 14.8. The molecule has 0 unspecified atom stereocenters. The van der Waals surface area contributed by atoms with Gasteiger partial charge in [0.1, 0.15) is 31.0 Å². The van der Waals surface area contributed by atoms with E-state index in [4.69, 9.17) is 26.7 Å². The van der Waals surface area contributed by atoms with Crippen molar-refractivity contribution >= 4 is 52.2 Å². The van der Waals surface area contributed by atoms with Crippen molar-refractivity contribution in [2.75, 3.05) is 35.8 Å². The highest BCUT2D eigenvalue weighted by Gasteiger charge is 2.44. The third-order valence-corrected chi connectivity index (χ3v) is 7.70. The number of amides is 1. The normalized spacial score (nSPS) is 19.3. The lowest BCUT2D eigenvalue weighted by atomic mass is 10.1. The lowest BCUT2D eigenvalue weighted by Gasteiger charge is -2.19. The van der Waals surface area contributed by atoms with E-state index in [1.54, 1.807) is 19.2 Å². The van der Waals surface area contributed by atoms with E-state index < -0.39 is 67.0 Å². The number of aliphatic carboxylic acids is 1. The lowest BCUT2D eigenvalue weighted by molar-refractivity contribution is -0.150. The van der Waals surface area contributed by atoms with Crippen LogP contribution in [0.4, 0.5) is 23.1 Å². The van der Waals surface area contributed by atoms with Gasteiger partial charge in [0, 0.05) is 42.7 Å². The van der Waals surface area contributed by atoms with Gasteiger partial charge in [-0.05, 0) is 36.8 Å². The van der Waals surface area contributed by atoms with E-state index in [0.717, 1.165) is 10.6 Å². The fraction of sp³-hybridized carbons (Fsp3) is 0.333. The van der Waals surface area contributed by atoms with Crippen molar-refractivity contribution in [2.24, 2.45) is 0 Å². The molecule has 3 aromatic heterocycles. The van der Waals surface area contributed by atoms with Crippen molar-refractivity contribution in [3.05, 3.63) is 70.4 Å². The number of ether oxygens (including phenoxy) is 2. The summed E-state index contributed by atoms with van der Waals surface area (Å²) in [7, 11) is 1.80. The van der Waals surface area contributed by atoms with Crippen molar-refractivity contribution in [2.45, 2.75) is 50.0 Å². The number of carboxylic acid groups (broad SMARTS) is 1. The minimum atomic E-state index is -1.50. The van der Waals surface area contributed by atoms with E-state index in [-0.39, 0.29) is 35.1 Å². The molecule has 0 radical (unpaired) electrons. The molecule has 1 aliphatic heterocycles. The Balaban J connectivity index is 1.11. The Kier molecular flexibility index (Phi) is 10.2. The summed E-state index contributed by atoms with van der Waals surface area (Å²) in [5.74, 6) is -2.77. The van der Waals surface area contributed by atoms with Gasteiger partial charge in [-0.15, -0.1) is 0 Å². The van der Waals surface area contributed by atoms with Crippen LogP contribution in [0.25, 0.3) is 11.2 Å². The summed E-state index contributed by atoms with van der Waals surface area (Å²) >= 11 is 0. The largest absolute Gasteiger partial charge is 0.480 e. The number of nitrogens with two attached hydrogens (primary N) is 3.